The van der Waals surface area contributed by atoms with Crippen molar-refractivity contribution in [2.24, 2.45) is 0 Å². The summed E-state index contributed by atoms with van der Waals surface area (Å²) in [6.45, 7) is 0. The first-order valence-corrected chi connectivity index (χ1v) is 9.60. The van der Waals surface area contributed by atoms with Crippen molar-refractivity contribution in [3.63, 3.8) is 0 Å². The van der Waals surface area contributed by atoms with Crippen LogP contribution in [0.3, 0.4) is 0 Å². The molecule has 3 heteroatoms. The van der Waals surface area contributed by atoms with Crippen LogP contribution in [-0.2, 0) is 0 Å². The number of benzene rings is 2. The van der Waals surface area contributed by atoms with Gasteiger partial charge in [0.2, 0.25) is 0 Å². The molecule has 0 radical (unpaired) electrons. The van der Waals surface area contributed by atoms with E-state index >= 15 is 0 Å². The Hall–Kier alpha value is -0.611. The number of fused-ring (bicyclic) bond motifs is 3. The zero-order valence-electron chi connectivity index (χ0n) is 9.89. The molecule has 4 rings (SSSR count). The fourth-order valence-corrected chi connectivity index (χ4v) is 8.59. The SMILES string of the molecule is Ic1c(-c2ccccc2)[se]c2sc3ccccc3c12. The molecule has 19 heavy (non-hydrogen) atoms. The van der Waals surface area contributed by atoms with Gasteiger partial charge < -0.3 is 0 Å². The first-order chi connectivity index (χ1) is 9.34. The van der Waals surface area contributed by atoms with E-state index in [-0.39, 0.29) is 0 Å². The van der Waals surface area contributed by atoms with Crippen LogP contribution in [0.4, 0.5) is 0 Å². The normalized spacial score (nSPS) is 11.4. The fraction of sp³-hybridized carbons (Fsp3) is 0. The van der Waals surface area contributed by atoms with Crippen molar-refractivity contribution in [3.8, 4) is 10.0 Å². The summed E-state index contributed by atoms with van der Waals surface area (Å²) in [5.74, 6) is 0. The van der Waals surface area contributed by atoms with E-state index < -0.39 is 0 Å². The summed E-state index contributed by atoms with van der Waals surface area (Å²) in [7, 11) is 0. The van der Waals surface area contributed by atoms with Crippen LogP contribution in [0.5, 0.6) is 0 Å². The molecule has 0 spiro atoms. The van der Waals surface area contributed by atoms with E-state index in [1.165, 1.54) is 24.6 Å². The number of thiophene rings is 1. The van der Waals surface area contributed by atoms with E-state index in [1.54, 1.807) is 8.01 Å². The van der Waals surface area contributed by atoms with Crippen LogP contribution in [0.2, 0.25) is 0 Å². The maximum atomic E-state index is 2.54. The monoisotopic (exact) mass is 440 g/mol. The molecule has 0 aliphatic rings. The Morgan fingerprint density at radius 3 is 2.47 bits per heavy atom. The molecule has 0 bridgehead atoms. The zero-order valence-corrected chi connectivity index (χ0v) is 14.6. The van der Waals surface area contributed by atoms with Gasteiger partial charge in [-0.1, -0.05) is 0 Å². The Kier molecular flexibility index (Phi) is 3.03. The first-order valence-electron chi connectivity index (χ1n) is 5.99. The van der Waals surface area contributed by atoms with Crippen LogP contribution in [0.15, 0.2) is 54.6 Å². The van der Waals surface area contributed by atoms with Gasteiger partial charge in [0.15, 0.2) is 0 Å². The summed E-state index contributed by atoms with van der Waals surface area (Å²) < 4.78 is 6.00. The predicted molar refractivity (Wildman–Crippen MR) is 94.4 cm³/mol. The minimum absolute atomic E-state index is 0.455. The topological polar surface area (TPSA) is 0 Å². The first kappa shape index (κ1) is 12.2. The van der Waals surface area contributed by atoms with Gasteiger partial charge in [-0.25, -0.2) is 0 Å². The summed E-state index contributed by atoms with van der Waals surface area (Å²) >= 11 is 4.96. The van der Waals surface area contributed by atoms with E-state index in [0.717, 1.165) is 0 Å². The predicted octanol–water partition coefficient (Wildman–Crippen LogP) is 5.38. The Morgan fingerprint density at radius 1 is 0.895 bits per heavy atom. The third-order valence-corrected chi connectivity index (χ3v) is 9.21. The summed E-state index contributed by atoms with van der Waals surface area (Å²) in [5, 5.41) is 2.93. The van der Waals surface area contributed by atoms with Crippen LogP contribution < -0.4 is 0 Å². The molecule has 0 saturated carbocycles. The van der Waals surface area contributed by atoms with Gasteiger partial charge in [0.1, 0.15) is 0 Å². The van der Waals surface area contributed by atoms with Crippen molar-refractivity contribution in [2.75, 3.05) is 0 Å². The molecular formula is C16H9ISSe. The number of halogens is 1. The molecule has 4 aromatic rings. The van der Waals surface area contributed by atoms with Gasteiger partial charge in [0.05, 0.1) is 0 Å². The van der Waals surface area contributed by atoms with Crippen molar-refractivity contribution in [2.45, 2.75) is 0 Å². The summed E-state index contributed by atoms with van der Waals surface area (Å²) in [4.78, 5) is 0. The molecule has 0 unspecified atom stereocenters. The zero-order chi connectivity index (χ0) is 12.8. The molecule has 92 valence electrons. The second-order valence-electron chi connectivity index (χ2n) is 4.37. The molecule has 0 saturated heterocycles. The molecule has 0 aliphatic carbocycles. The fourth-order valence-electron chi connectivity index (χ4n) is 2.33. The molecule has 0 atom stereocenters. The van der Waals surface area contributed by atoms with Crippen molar-refractivity contribution in [1.29, 1.82) is 0 Å². The Labute approximate surface area is 135 Å². The van der Waals surface area contributed by atoms with E-state index in [2.05, 4.69) is 77.2 Å². The van der Waals surface area contributed by atoms with Crippen LogP contribution >= 0.6 is 33.9 Å². The molecule has 0 nitrogen and oxygen atoms in total. The Bertz CT molecular complexity index is 874. The van der Waals surface area contributed by atoms with Gasteiger partial charge in [-0.3, -0.25) is 0 Å². The van der Waals surface area contributed by atoms with Crippen molar-refractivity contribution >= 4 is 67.5 Å². The number of hydrogen-bond donors (Lipinski definition) is 0. The van der Waals surface area contributed by atoms with E-state index in [0.29, 0.717) is 14.5 Å². The molecular weight excluding hydrogens is 430 g/mol. The molecule has 2 aromatic heterocycles. The second kappa shape index (κ2) is 4.74. The van der Waals surface area contributed by atoms with E-state index in [1.807, 2.05) is 11.3 Å². The molecule has 2 aromatic carbocycles. The van der Waals surface area contributed by atoms with Gasteiger partial charge in [-0.2, -0.15) is 0 Å². The van der Waals surface area contributed by atoms with E-state index in [4.69, 9.17) is 0 Å². The third kappa shape index (κ3) is 1.91. The number of rotatable bonds is 1. The minimum atomic E-state index is 0.455. The average Bonchev–Trinajstić information content (AvgIpc) is 2.97. The van der Waals surface area contributed by atoms with Gasteiger partial charge in [-0.15, -0.1) is 0 Å². The Morgan fingerprint density at radius 2 is 1.63 bits per heavy atom. The molecule has 0 fully saturated rings. The summed E-state index contributed by atoms with van der Waals surface area (Å²) in [6, 6.07) is 19.6. The van der Waals surface area contributed by atoms with Crippen molar-refractivity contribution < 1.29 is 0 Å². The summed E-state index contributed by atoms with van der Waals surface area (Å²) in [5.41, 5.74) is 1.39. The molecule has 2 heterocycles. The maximum absolute atomic E-state index is 2.54. The van der Waals surface area contributed by atoms with Crippen LogP contribution in [0.25, 0.3) is 29.0 Å². The van der Waals surface area contributed by atoms with Gasteiger partial charge in [-0.05, 0) is 0 Å². The van der Waals surface area contributed by atoms with Crippen LogP contribution in [0, 0.1) is 3.57 Å². The molecule has 0 amide bonds. The van der Waals surface area contributed by atoms with Crippen LogP contribution in [-0.4, -0.2) is 14.5 Å². The van der Waals surface area contributed by atoms with Gasteiger partial charge in [0.25, 0.3) is 0 Å². The molecule has 0 N–H and O–H groups in total. The molecule has 0 aliphatic heterocycles. The second-order valence-corrected chi connectivity index (χ2v) is 9.23. The summed E-state index contributed by atoms with van der Waals surface area (Å²) in [6.07, 6.45) is 0. The van der Waals surface area contributed by atoms with Crippen LogP contribution in [0.1, 0.15) is 0 Å². The van der Waals surface area contributed by atoms with Crippen molar-refractivity contribution in [1.82, 2.24) is 0 Å². The van der Waals surface area contributed by atoms with Gasteiger partial charge in [0, 0.05) is 0 Å². The Balaban J connectivity index is 2.08. The standard InChI is InChI=1S/C16H9ISSe/c17-14-13-11-8-4-5-9-12(11)18-16(13)19-15(14)10-6-2-1-3-7-10/h1-9H. The number of hydrogen-bond acceptors (Lipinski definition) is 1. The van der Waals surface area contributed by atoms with E-state index in [9.17, 15) is 0 Å². The third-order valence-electron chi connectivity index (χ3n) is 3.21. The average molecular weight is 439 g/mol. The van der Waals surface area contributed by atoms with Crippen molar-refractivity contribution in [3.05, 3.63) is 58.2 Å². The quantitative estimate of drug-likeness (QED) is 0.276. The van der Waals surface area contributed by atoms with Gasteiger partial charge >= 0.3 is 136 Å².